The summed E-state index contributed by atoms with van der Waals surface area (Å²) in [6.45, 7) is 12.2. The van der Waals surface area contributed by atoms with Gasteiger partial charge in [0.25, 0.3) is 0 Å². The lowest BCUT2D eigenvalue weighted by Crippen LogP contribution is -2.49. The molecule has 0 spiro atoms. The number of hydrogen-bond donors (Lipinski definition) is 0. The van der Waals surface area contributed by atoms with Crippen LogP contribution in [0.4, 0.5) is 0 Å². The van der Waals surface area contributed by atoms with Crippen LogP contribution in [-0.4, -0.2) is 11.7 Å². The lowest BCUT2D eigenvalue weighted by molar-refractivity contribution is -0.0439. The van der Waals surface area contributed by atoms with E-state index >= 15 is 0 Å². The van der Waals surface area contributed by atoms with Crippen LogP contribution >= 0.6 is 0 Å². The van der Waals surface area contributed by atoms with Crippen molar-refractivity contribution in [2.75, 3.05) is 0 Å². The Kier molecular flexibility index (Phi) is 2.47. The fourth-order valence-corrected chi connectivity index (χ4v) is 4.93. The highest BCUT2D eigenvalue weighted by atomic mass is 16.6. The average molecular weight is 236 g/mol. The third kappa shape index (κ3) is 1.61. The first-order chi connectivity index (χ1) is 7.87. The Labute approximate surface area is 106 Å². The van der Waals surface area contributed by atoms with E-state index < -0.39 is 0 Å². The number of epoxide rings is 1. The van der Waals surface area contributed by atoms with Crippen molar-refractivity contribution < 1.29 is 4.74 Å². The molecule has 2 aliphatic carbocycles. The molecular formula is C16H28O. The van der Waals surface area contributed by atoms with E-state index in [2.05, 4.69) is 34.6 Å². The lowest BCUT2D eigenvalue weighted by Gasteiger charge is -2.54. The second-order valence-electron chi connectivity index (χ2n) is 7.83. The molecule has 1 heteroatoms. The summed E-state index contributed by atoms with van der Waals surface area (Å²) >= 11 is 0. The van der Waals surface area contributed by atoms with Crippen molar-refractivity contribution in [3.8, 4) is 0 Å². The Balaban J connectivity index is 1.90. The maximum atomic E-state index is 6.00. The van der Waals surface area contributed by atoms with Gasteiger partial charge in [0.2, 0.25) is 0 Å². The van der Waals surface area contributed by atoms with Crippen molar-refractivity contribution in [2.45, 2.75) is 72.0 Å². The molecular weight excluding hydrogens is 208 g/mol. The highest BCUT2D eigenvalue weighted by Crippen LogP contribution is 2.64. The molecule has 0 amide bonds. The molecule has 6 atom stereocenters. The normalized spacial score (nSPS) is 57.5. The van der Waals surface area contributed by atoms with E-state index in [-0.39, 0.29) is 5.60 Å². The Bertz CT molecular complexity index is 323. The second kappa shape index (κ2) is 3.50. The molecule has 98 valence electrons. The zero-order chi connectivity index (χ0) is 12.4. The van der Waals surface area contributed by atoms with Crippen molar-refractivity contribution in [1.82, 2.24) is 0 Å². The van der Waals surface area contributed by atoms with Gasteiger partial charge in [0, 0.05) is 0 Å². The van der Waals surface area contributed by atoms with Crippen LogP contribution in [0.15, 0.2) is 0 Å². The Morgan fingerprint density at radius 3 is 2.47 bits per heavy atom. The molecule has 0 aromatic carbocycles. The lowest BCUT2D eigenvalue weighted by atomic mass is 9.50. The summed E-state index contributed by atoms with van der Waals surface area (Å²) in [5.74, 6) is 3.55. The van der Waals surface area contributed by atoms with Crippen molar-refractivity contribution in [3.63, 3.8) is 0 Å². The van der Waals surface area contributed by atoms with Crippen LogP contribution in [0.5, 0.6) is 0 Å². The van der Waals surface area contributed by atoms with Crippen molar-refractivity contribution in [3.05, 3.63) is 0 Å². The molecule has 1 heterocycles. The third-order valence-corrected chi connectivity index (χ3v) is 6.56. The number of fused-ring (bicyclic) bond motifs is 2. The molecule has 0 aromatic rings. The van der Waals surface area contributed by atoms with E-state index in [1.165, 1.54) is 25.7 Å². The molecule has 17 heavy (non-hydrogen) atoms. The van der Waals surface area contributed by atoms with Crippen molar-refractivity contribution in [1.29, 1.82) is 0 Å². The van der Waals surface area contributed by atoms with Gasteiger partial charge < -0.3 is 4.74 Å². The summed E-state index contributed by atoms with van der Waals surface area (Å²) in [5.41, 5.74) is 0.808. The quantitative estimate of drug-likeness (QED) is 0.620. The van der Waals surface area contributed by atoms with Crippen molar-refractivity contribution in [2.24, 2.45) is 29.1 Å². The van der Waals surface area contributed by atoms with Gasteiger partial charge in [-0.05, 0) is 61.7 Å². The first kappa shape index (κ1) is 12.0. The molecule has 3 fully saturated rings. The van der Waals surface area contributed by atoms with Gasteiger partial charge in [-0.2, -0.15) is 0 Å². The molecule has 1 nitrogen and oxygen atoms in total. The molecule has 0 bridgehead atoms. The molecule has 3 aliphatic rings. The van der Waals surface area contributed by atoms with Crippen LogP contribution in [0.2, 0.25) is 0 Å². The SMILES string of the molecule is CC(C)[C@@H]1CC[C@@H](C)[C@]2(C)CC3O[C@]3(C)CC12. The first-order valence-electron chi connectivity index (χ1n) is 7.54. The minimum Gasteiger partial charge on any atom is -0.366 e. The summed E-state index contributed by atoms with van der Waals surface area (Å²) in [7, 11) is 0. The highest BCUT2D eigenvalue weighted by molar-refractivity contribution is 5.13. The standard InChI is InChI=1S/C16H28O/c1-10(2)12-7-6-11(3)15(4)9-14-16(5,17-14)8-13(12)15/h10-14H,6-9H2,1-5H3/t11-,12+,13?,14?,15+,16-/m1/s1. The first-order valence-corrected chi connectivity index (χ1v) is 7.54. The molecule has 3 rings (SSSR count). The minimum absolute atomic E-state index is 0.258. The van der Waals surface area contributed by atoms with E-state index in [9.17, 15) is 0 Å². The van der Waals surface area contributed by atoms with Crippen LogP contribution in [0.1, 0.15) is 60.3 Å². The largest absolute Gasteiger partial charge is 0.366 e. The fraction of sp³-hybridized carbons (Fsp3) is 1.00. The molecule has 2 unspecified atom stereocenters. The van der Waals surface area contributed by atoms with Gasteiger partial charge >= 0.3 is 0 Å². The van der Waals surface area contributed by atoms with Crippen LogP contribution in [0, 0.1) is 29.1 Å². The van der Waals surface area contributed by atoms with Crippen LogP contribution in [0.3, 0.4) is 0 Å². The van der Waals surface area contributed by atoms with E-state index in [0.29, 0.717) is 11.5 Å². The summed E-state index contributed by atoms with van der Waals surface area (Å²) in [5, 5.41) is 0. The van der Waals surface area contributed by atoms with E-state index in [1.807, 2.05) is 0 Å². The maximum Gasteiger partial charge on any atom is 0.0923 e. The van der Waals surface area contributed by atoms with E-state index in [1.54, 1.807) is 0 Å². The molecule has 2 saturated carbocycles. The van der Waals surface area contributed by atoms with Crippen LogP contribution in [0.25, 0.3) is 0 Å². The Morgan fingerprint density at radius 1 is 1.12 bits per heavy atom. The van der Waals surface area contributed by atoms with Gasteiger partial charge in [0.05, 0.1) is 11.7 Å². The molecule has 0 aromatic heterocycles. The molecule has 1 aliphatic heterocycles. The zero-order valence-corrected chi connectivity index (χ0v) is 12.1. The van der Waals surface area contributed by atoms with Crippen molar-refractivity contribution >= 4 is 0 Å². The van der Waals surface area contributed by atoms with Crippen LogP contribution < -0.4 is 0 Å². The zero-order valence-electron chi connectivity index (χ0n) is 12.1. The van der Waals surface area contributed by atoms with Gasteiger partial charge in [-0.25, -0.2) is 0 Å². The van der Waals surface area contributed by atoms with Gasteiger partial charge in [-0.15, -0.1) is 0 Å². The summed E-state index contributed by atoms with van der Waals surface area (Å²) < 4.78 is 6.00. The number of ether oxygens (including phenoxy) is 1. The minimum atomic E-state index is 0.258. The summed E-state index contributed by atoms with van der Waals surface area (Å²) in [4.78, 5) is 0. The number of hydrogen-bond acceptors (Lipinski definition) is 1. The Morgan fingerprint density at radius 2 is 1.82 bits per heavy atom. The summed E-state index contributed by atoms with van der Waals surface area (Å²) in [6, 6.07) is 0. The molecule has 0 N–H and O–H groups in total. The second-order valence-corrected chi connectivity index (χ2v) is 7.83. The monoisotopic (exact) mass is 236 g/mol. The molecule has 1 saturated heterocycles. The number of rotatable bonds is 1. The van der Waals surface area contributed by atoms with E-state index in [0.717, 1.165) is 23.7 Å². The maximum absolute atomic E-state index is 6.00. The fourth-order valence-electron chi connectivity index (χ4n) is 4.93. The predicted octanol–water partition coefficient (Wildman–Crippen LogP) is 4.26. The third-order valence-electron chi connectivity index (χ3n) is 6.56. The molecule has 0 radical (unpaired) electrons. The average Bonchev–Trinajstić information content (AvgIpc) is 2.86. The smallest absolute Gasteiger partial charge is 0.0923 e. The van der Waals surface area contributed by atoms with Gasteiger partial charge in [0.15, 0.2) is 0 Å². The van der Waals surface area contributed by atoms with Crippen LogP contribution in [-0.2, 0) is 4.74 Å². The topological polar surface area (TPSA) is 12.5 Å². The Hall–Kier alpha value is -0.0400. The highest BCUT2D eigenvalue weighted by Gasteiger charge is 2.64. The predicted molar refractivity (Wildman–Crippen MR) is 70.8 cm³/mol. The van der Waals surface area contributed by atoms with Gasteiger partial charge in [0.1, 0.15) is 0 Å². The van der Waals surface area contributed by atoms with Gasteiger partial charge in [-0.1, -0.05) is 27.7 Å². The van der Waals surface area contributed by atoms with E-state index in [4.69, 9.17) is 4.74 Å². The van der Waals surface area contributed by atoms with Gasteiger partial charge in [-0.3, -0.25) is 0 Å². The summed E-state index contributed by atoms with van der Waals surface area (Å²) in [6.07, 6.45) is 6.09.